The van der Waals surface area contributed by atoms with Crippen molar-refractivity contribution in [2.75, 3.05) is 0 Å². The van der Waals surface area contributed by atoms with E-state index in [2.05, 4.69) is 69.8 Å². The molecule has 0 fully saturated rings. The SMILES string of the molecule is ClC(c1csc(Br)c1)c1cccc2ccccc12. The summed E-state index contributed by atoms with van der Waals surface area (Å²) in [6, 6.07) is 16.7. The summed E-state index contributed by atoms with van der Waals surface area (Å²) in [6.07, 6.45) is 0. The maximum atomic E-state index is 6.61. The van der Waals surface area contributed by atoms with Gasteiger partial charge in [0.05, 0.1) is 9.16 Å². The zero-order valence-electron chi connectivity index (χ0n) is 9.44. The van der Waals surface area contributed by atoms with Gasteiger partial charge in [-0.2, -0.15) is 0 Å². The van der Waals surface area contributed by atoms with Crippen molar-refractivity contribution in [3.8, 4) is 0 Å². The lowest BCUT2D eigenvalue weighted by atomic mass is 9.99. The molecule has 0 nitrogen and oxygen atoms in total. The Labute approximate surface area is 123 Å². The predicted octanol–water partition coefficient (Wildman–Crippen LogP) is 5.99. The fourth-order valence-corrected chi connectivity index (χ4v) is 3.70. The fraction of sp³-hybridized carbons (Fsp3) is 0.0667. The summed E-state index contributed by atoms with van der Waals surface area (Å²) >= 11 is 11.8. The molecule has 3 rings (SSSR count). The van der Waals surface area contributed by atoms with E-state index in [9.17, 15) is 0 Å². The molecule has 1 aromatic heterocycles. The van der Waals surface area contributed by atoms with Crippen molar-refractivity contribution in [2.45, 2.75) is 5.38 Å². The van der Waals surface area contributed by atoms with Crippen LogP contribution in [0.25, 0.3) is 10.8 Å². The third-order valence-electron chi connectivity index (χ3n) is 2.98. The highest BCUT2D eigenvalue weighted by molar-refractivity contribution is 9.11. The zero-order chi connectivity index (χ0) is 12.5. The Bertz CT molecular complexity index is 684. The second-order valence-corrected chi connectivity index (χ2v) is 6.84. The highest BCUT2D eigenvalue weighted by atomic mass is 79.9. The van der Waals surface area contributed by atoms with Crippen molar-refractivity contribution >= 4 is 49.6 Å². The number of fused-ring (bicyclic) bond motifs is 1. The monoisotopic (exact) mass is 336 g/mol. The summed E-state index contributed by atoms with van der Waals surface area (Å²) in [4.78, 5) is 0. The maximum Gasteiger partial charge on any atom is 0.0849 e. The average Bonchev–Trinajstić information content (AvgIpc) is 2.84. The van der Waals surface area contributed by atoms with Gasteiger partial charge in [-0.15, -0.1) is 22.9 Å². The van der Waals surface area contributed by atoms with Gasteiger partial charge in [-0.3, -0.25) is 0 Å². The Morgan fingerprint density at radius 2 is 1.83 bits per heavy atom. The summed E-state index contributed by atoms with van der Waals surface area (Å²) < 4.78 is 1.11. The first-order chi connectivity index (χ1) is 8.75. The number of hydrogen-bond acceptors (Lipinski definition) is 1. The van der Waals surface area contributed by atoms with Crippen LogP contribution >= 0.6 is 38.9 Å². The molecule has 0 radical (unpaired) electrons. The van der Waals surface area contributed by atoms with E-state index in [1.807, 2.05) is 0 Å². The standard InChI is InChI=1S/C15H10BrClS/c16-14-8-11(9-18-14)15(17)13-7-3-5-10-4-1-2-6-12(10)13/h1-9,15H. The first-order valence-electron chi connectivity index (χ1n) is 5.61. The molecule has 0 aliphatic carbocycles. The van der Waals surface area contributed by atoms with Crippen molar-refractivity contribution in [1.82, 2.24) is 0 Å². The van der Waals surface area contributed by atoms with Crippen molar-refractivity contribution in [1.29, 1.82) is 0 Å². The molecule has 0 saturated carbocycles. The first-order valence-corrected chi connectivity index (χ1v) is 7.72. The fourth-order valence-electron chi connectivity index (χ4n) is 2.11. The van der Waals surface area contributed by atoms with Crippen molar-refractivity contribution in [2.24, 2.45) is 0 Å². The Balaban J connectivity index is 2.14. The quantitative estimate of drug-likeness (QED) is 0.504. The molecule has 0 amide bonds. The Morgan fingerprint density at radius 1 is 1.06 bits per heavy atom. The van der Waals surface area contributed by atoms with Crippen LogP contribution in [0.2, 0.25) is 0 Å². The number of halogens is 2. The van der Waals surface area contributed by atoms with E-state index in [1.54, 1.807) is 11.3 Å². The highest BCUT2D eigenvalue weighted by Crippen LogP contribution is 2.36. The normalized spacial score (nSPS) is 12.8. The van der Waals surface area contributed by atoms with Gasteiger partial charge in [0, 0.05) is 0 Å². The van der Waals surface area contributed by atoms with Gasteiger partial charge in [-0.25, -0.2) is 0 Å². The Morgan fingerprint density at radius 3 is 2.61 bits per heavy atom. The lowest BCUT2D eigenvalue weighted by Gasteiger charge is -2.11. The van der Waals surface area contributed by atoms with Gasteiger partial charge >= 0.3 is 0 Å². The van der Waals surface area contributed by atoms with E-state index in [0.717, 1.165) is 9.35 Å². The van der Waals surface area contributed by atoms with Crippen LogP contribution in [0.3, 0.4) is 0 Å². The number of thiophene rings is 1. The molecule has 0 spiro atoms. The lowest BCUT2D eigenvalue weighted by Crippen LogP contribution is -1.92. The molecule has 0 aliphatic heterocycles. The summed E-state index contributed by atoms with van der Waals surface area (Å²) in [5.74, 6) is 0. The van der Waals surface area contributed by atoms with E-state index in [4.69, 9.17) is 11.6 Å². The predicted molar refractivity (Wildman–Crippen MR) is 83.7 cm³/mol. The summed E-state index contributed by atoms with van der Waals surface area (Å²) in [7, 11) is 0. The minimum absolute atomic E-state index is 0.0985. The van der Waals surface area contributed by atoms with Gasteiger partial charge < -0.3 is 0 Å². The van der Waals surface area contributed by atoms with E-state index in [0.29, 0.717) is 0 Å². The second-order valence-electron chi connectivity index (χ2n) is 4.12. The summed E-state index contributed by atoms with van der Waals surface area (Å²) in [6.45, 7) is 0. The van der Waals surface area contributed by atoms with Crippen LogP contribution in [-0.2, 0) is 0 Å². The molecule has 3 heteroatoms. The lowest BCUT2D eigenvalue weighted by molar-refractivity contribution is 1.17. The second kappa shape index (κ2) is 5.04. The zero-order valence-corrected chi connectivity index (χ0v) is 12.6. The number of alkyl halides is 1. The molecule has 1 atom stereocenters. The molecule has 0 bridgehead atoms. The van der Waals surface area contributed by atoms with E-state index >= 15 is 0 Å². The minimum Gasteiger partial charge on any atom is -0.136 e. The Hall–Kier alpha value is -0.830. The molecule has 90 valence electrons. The van der Waals surface area contributed by atoms with E-state index in [1.165, 1.54) is 16.3 Å². The van der Waals surface area contributed by atoms with Crippen molar-refractivity contribution in [3.05, 3.63) is 68.8 Å². The van der Waals surface area contributed by atoms with Gasteiger partial charge in [0.25, 0.3) is 0 Å². The molecule has 0 saturated heterocycles. The molecule has 3 aromatic rings. The van der Waals surface area contributed by atoms with E-state index in [-0.39, 0.29) is 5.38 Å². The average molecular weight is 338 g/mol. The summed E-state index contributed by atoms with van der Waals surface area (Å²) in [5.41, 5.74) is 2.31. The van der Waals surface area contributed by atoms with Gasteiger partial charge in [0.2, 0.25) is 0 Å². The van der Waals surface area contributed by atoms with Crippen LogP contribution < -0.4 is 0 Å². The van der Waals surface area contributed by atoms with Crippen LogP contribution in [0.15, 0.2) is 57.7 Å². The highest BCUT2D eigenvalue weighted by Gasteiger charge is 2.14. The number of hydrogen-bond donors (Lipinski definition) is 0. The first kappa shape index (κ1) is 12.2. The van der Waals surface area contributed by atoms with E-state index < -0.39 is 0 Å². The van der Waals surface area contributed by atoms with Crippen LogP contribution in [-0.4, -0.2) is 0 Å². The van der Waals surface area contributed by atoms with Gasteiger partial charge in [0.1, 0.15) is 0 Å². The summed E-state index contributed by atoms with van der Waals surface area (Å²) in [5, 5.41) is 4.46. The Kier molecular flexibility index (Phi) is 3.42. The molecule has 1 unspecified atom stereocenters. The van der Waals surface area contributed by atoms with Crippen LogP contribution in [0.4, 0.5) is 0 Å². The largest absolute Gasteiger partial charge is 0.136 e. The molecular formula is C15H10BrClS. The molecule has 1 heterocycles. The van der Waals surface area contributed by atoms with Crippen LogP contribution in [0.5, 0.6) is 0 Å². The topological polar surface area (TPSA) is 0 Å². The van der Waals surface area contributed by atoms with Crippen LogP contribution in [0, 0.1) is 0 Å². The molecular weight excluding hydrogens is 328 g/mol. The van der Waals surface area contributed by atoms with Crippen LogP contribution in [0.1, 0.15) is 16.5 Å². The molecule has 0 aliphatic rings. The smallest absolute Gasteiger partial charge is 0.0849 e. The molecule has 2 aromatic carbocycles. The maximum absolute atomic E-state index is 6.61. The third kappa shape index (κ3) is 2.20. The minimum atomic E-state index is -0.0985. The number of rotatable bonds is 2. The number of benzene rings is 2. The van der Waals surface area contributed by atoms with Crippen molar-refractivity contribution < 1.29 is 0 Å². The third-order valence-corrected chi connectivity index (χ3v) is 4.99. The van der Waals surface area contributed by atoms with Gasteiger partial charge in [0.15, 0.2) is 0 Å². The van der Waals surface area contributed by atoms with Gasteiger partial charge in [-0.05, 0) is 49.3 Å². The molecule has 0 N–H and O–H groups in total. The van der Waals surface area contributed by atoms with Gasteiger partial charge in [-0.1, -0.05) is 42.5 Å². The van der Waals surface area contributed by atoms with Crippen molar-refractivity contribution in [3.63, 3.8) is 0 Å². The molecule has 18 heavy (non-hydrogen) atoms.